The summed E-state index contributed by atoms with van der Waals surface area (Å²) in [5.74, 6) is -0.109. The number of hydrogen-bond acceptors (Lipinski definition) is 4. The second kappa shape index (κ2) is 3.17. The van der Waals surface area contributed by atoms with Gasteiger partial charge in [0.25, 0.3) is 0 Å². The summed E-state index contributed by atoms with van der Waals surface area (Å²) in [6.07, 6.45) is 1.41. The van der Waals surface area contributed by atoms with Crippen LogP contribution in [0.1, 0.15) is 0 Å². The van der Waals surface area contributed by atoms with Crippen molar-refractivity contribution in [2.24, 2.45) is 0 Å². The van der Waals surface area contributed by atoms with Gasteiger partial charge in [-0.3, -0.25) is 0 Å². The summed E-state index contributed by atoms with van der Waals surface area (Å²) in [7, 11) is 3.48. The van der Waals surface area contributed by atoms with E-state index in [4.69, 9.17) is 0 Å². The van der Waals surface area contributed by atoms with Gasteiger partial charge in [-0.05, 0) is 22.0 Å². The number of nitrogens with zero attached hydrogens (tertiary/aromatic N) is 3. The maximum absolute atomic E-state index is 10.4. The van der Waals surface area contributed by atoms with Gasteiger partial charge in [0.15, 0.2) is 0 Å². The third-order valence-corrected chi connectivity index (χ3v) is 1.42. The Morgan fingerprint density at radius 2 is 2.25 bits per heavy atom. The number of aromatic nitrogens is 1. The van der Waals surface area contributed by atoms with Gasteiger partial charge in [0, 0.05) is 14.1 Å². The fraction of sp³-hybridized carbons (Fsp3) is 0.286. The van der Waals surface area contributed by atoms with Crippen LogP contribution in [0.4, 0.5) is 11.5 Å². The maximum Gasteiger partial charge on any atom is 0.387 e. The van der Waals surface area contributed by atoms with Crippen molar-refractivity contribution in [1.82, 2.24) is 4.98 Å². The molecule has 0 atom stereocenters. The van der Waals surface area contributed by atoms with E-state index >= 15 is 0 Å². The fourth-order valence-corrected chi connectivity index (χ4v) is 0.878. The van der Waals surface area contributed by atoms with Gasteiger partial charge in [-0.15, -0.1) is 0 Å². The molecule has 0 amide bonds. The second-order valence-corrected chi connectivity index (χ2v) is 2.50. The largest absolute Gasteiger partial charge is 0.387 e. The molecule has 0 bridgehead atoms. The molecule has 0 spiro atoms. The molecule has 0 N–H and O–H groups in total. The van der Waals surface area contributed by atoms with E-state index < -0.39 is 4.92 Å². The molecule has 1 heterocycles. The zero-order valence-corrected chi connectivity index (χ0v) is 6.89. The van der Waals surface area contributed by atoms with Gasteiger partial charge in [-0.1, -0.05) is 0 Å². The zero-order chi connectivity index (χ0) is 9.14. The Balaban J connectivity index is 3.17. The molecule has 1 aromatic rings. The molecule has 0 aliphatic rings. The highest BCUT2D eigenvalue weighted by Gasteiger charge is 2.14. The van der Waals surface area contributed by atoms with E-state index in [0.29, 0.717) is 5.69 Å². The highest BCUT2D eigenvalue weighted by atomic mass is 16.6. The van der Waals surface area contributed by atoms with Crippen molar-refractivity contribution in [2.45, 2.75) is 0 Å². The summed E-state index contributed by atoms with van der Waals surface area (Å²) < 4.78 is 0. The molecular formula is C7H9N3O2. The molecule has 12 heavy (non-hydrogen) atoms. The molecule has 0 fully saturated rings. The third-order valence-electron chi connectivity index (χ3n) is 1.42. The lowest BCUT2D eigenvalue weighted by molar-refractivity contribution is -0.388. The molecule has 0 saturated carbocycles. The quantitative estimate of drug-likeness (QED) is 0.488. The lowest BCUT2D eigenvalue weighted by atomic mass is 10.4. The van der Waals surface area contributed by atoms with Crippen LogP contribution in [0.15, 0.2) is 18.3 Å². The minimum atomic E-state index is -0.491. The Morgan fingerprint density at radius 1 is 1.58 bits per heavy atom. The summed E-state index contributed by atoms with van der Waals surface area (Å²) in [5.41, 5.74) is 0.516. The molecule has 0 radical (unpaired) electrons. The van der Waals surface area contributed by atoms with Crippen molar-refractivity contribution < 1.29 is 4.92 Å². The van der Waals surface area contributed by atoms with E-state index in [1.165, 1.54) is 6.20 Å². The van der Waals surface area contributed by atoms with E-state index in [1.54, 1.807) is 31.1 Å². The Kier molecular flexibility index (Phi) is 2.23. The van der Waals surface area contributed by atoms with Crippen LogP contribution in [-0.4, -0.2) is 24.0 Å². The highest BCUT2D eigenvalue weighted by Crippen LogP contribution is 2.21. The lowest BCUT2D eigenvalue weighted by Crippen LogP contribution is -2.11. The van der Waals surface area contributed by atoms with Crippen molar-refractivity contribution in [3.8, 4) is 0 Å². The molecule has 0 aromatic carbocycles. The number of pyridine rings is 1. The van der Waals surface area contributed by atoms with E-state index in [9.17, 15) is 10.1 Å². The molecule has 0 saturated heterocycles. The van der Waals surface area contributed by atoms with E-state index in [-0.39, 0.29) is 5.82 Å². The van der Waals surface area contributed by atoms with Gasteiger partial charge in [0.05, 0.1) is 0 Å². The van der Waals surface area contributed by atoms with Crippen LogP contribution in [-0.2, 0) is 0 Å². The molecule has 1 aromatic heterocycles. The minimum Gasteiger partial charge on any atom is -0.371 e. The summed E-state index contributed by atoms with van der Waals surface area (Å²) in [6.45, 7) is 0. The topological polar surface area (TPSA) is 59.3 Å². The normalized spacial score (nSPS) is 9.50. The summed E-state index contributed by atoms with van der Waals surface area (Å²) in [6, 6.07) is 3.33. The SMILES string of the molecule is CN(C)c1cccnc1[N+](=O)[O-]. The average Bonchev–Trinajstić information content (AvgIpc) is 2.04. The van der Waals surface area contributed by atoms with Crippen molar-refractivity contribution in [3.63, 3.8) is 0 Å². The maximum atomic E-state index is 10.4. The monoisotopic (exact) mass is 167 g/mol. The molecule has 0 unspecified atom stereocenters. The van der Waals surface area contributed by atoms with Crippen molar-refractivity contribution >= 4 is 11.5 Å². The molecule has 5 heteroatoms. The van der Waals surface area contributed by atoms with Gasteiger partial charge in [0.1, 0.15) is 11.9 Å². The van der Waals surface area contributed by atoms with E-state index in [1.807, 2.05) is 0 Å². The fourth-order valence-electron chi connectivity index (χ4n) is 0.878. The molecule has 5 nitrogen and oxygen atoms in total. The Hall–Kier alpha value is -1.65. The van der Waals surface area contributed by atoms with Crippen LogP contribution in [0.3, 0.4) is 0 Å². The van der Waals surface area contributed by atoms with Crippen molar-refractivity contribution in [3.05, 3.63) is 28.4 Å². The summed E-state index contributed by atoms with van der Waals surface area (Å²) in [5, 5.41) is 10.4. The molecule has 1 rings (SSSR count). The molecule has 0 aliphatic heterocycles. The van der Waals surface area contributed by atoms with Crippen LogP contribution >= 0.6 is 0 Å². The van der Waals surface area contributed by atoms with Crippen molar-refractivity contribution in [1.29, 1.82) is 0 Å². The number of nitro groups is 1. The average molecular weight is 167 g/mol. The smallest absolute Gasteiger partial charge is 0.371 e. The predicted octanol–water partition coefficient (Wildman–Crippen LogP) is 1.06. The predicted molar refractivity (Wildman–Crippen MR) is 45.2 cm³/mol. The number of anilines is 1. The first-order chi connectivity index (χ1) is 5.63. The summed E-state index contributed by atoms with van der Waals surface area (Å²) in [4.78, 5) is 15.3. The number of hydrogen-bond donors (Lipinski definition) is 0. The van der Waals surface area contributed by atoms with Gasteiger partial charge in [-0.25, -0.2) is 0 Å². The Bertz CT molecular complexity index is 298. The lowest BCUT2D eigenvalue weighted by Gasteiger charge is -2.10. The van der Waals surface area contributed by atoms with Gasteiger partial charge in [0.2, 0.25) is 0 Å². The van der Waals surface area contributed by atoms with Crippen molar-refractivity contribution in [2.75, 3.05) is 19.0 Å². The van der Waals surface area contributed by atoms with Gasteiger partial charge >= 0.3 is 5.82 Å². The molecule has 0 aliphatic carbocycles. The zero-order valence-electron chi connectivity index (χ0n) is 6.89. The first-order valence-corrected chi connectivity index (χ1v) is 3.39. The Morgan fingerprint density at radius 3 is 2.67 bits per heavy atom. The minimum absolute atomic E-state index is 0.109. The first kappa shape index (κ1) is 8.45. The van der Waals surface area contributed by atoms with Crippen LogP contribution < -0.4 is 4.90 Å². The molecule has 64 valence electrons. The van der Waals surface area contributed by atoms with Gasteiger partial charge in [-0.2, -0.15) is 0 Å². The Labute approximate surface area is 69.8 Å². The van der Waals surface area contributed by atoms with Crippen LogP contribution in [0.2, 0.25) is 0 Å². The van der Waals surface area contributed by atoms with Crippen LogP contribution in [0.25, 0.3) is 0 Å². The van der Waals surface area contributed by atoms with Crippen LogP contribution in [0.5, 0.6) is 0 Å². The molecular weight excluding hydrogens is 158 g/mol. The third kappa shape index (κ3) is 1.50. The summed E-state index contributed by atoms with van der Waals surface area (Å²) >= 11 is 0. The van der Waals surface area contributed by atoms with E-state index in [2.05, 4.69) is 4.98 Å². The highest BCUT2D eigenvalue weighted by molar-refractivity contribution is 5.57. The van der Waals surface area contributed by atoms with E-state index in [0.717, 1.165) is 0 Å². The van der Waals surface area contributed by atoms with Gasteiger partial charge < -0.3 is 15.0 Å². The number of rotatable bonds is 2. The second-order valence-electron chi connectivity index (χ2n) is 2.50. The first-order valence-electron chi connectivity index (χ1n) is 3.39. The van der Waals surface area contributed by atoms with Crippen LogP contribution in [0, 0.1) is 10.1 Å². The standard InChI is InChI=1S/C7H9N3O2/c1-9(2)6-4-3-5-8-7(6)10(11)12/h3-5H,1-2H3.